The molecule has 0 aromatic carbocycles. The molecule has 0 aliphatic carbocycles. The van der Waals surface area contributed by atoms with E-state index in [0.717, 1.165) is 42.5 Å². The second-order valence-corrected chi connectivity index (χ2v) is 5.65. The third-order valence-corrected chi connectivity index (χ3v) is 4.32. The molecule has 2 aliphatic heterocycles. The molecule has 2 aromatic heterocycles. The molecule has 6 nitrogen and oxygen atoms in total. The number of hydrogen-bond acceptors (Lipinski definition) is 3. The van der Waals surface area contributed by atoms with E-state index in [9.17, 15) is 9.59 Å². The first-order chi connectivity index (χ1) is 10.2. The van der Waals surface area contributed by atoms with Crippen LogP contribution in [-0.4, -0.2) is 51.2 Å². The number of nitrogens with zero attached hydrogens (tertiary/aromatic N) is 3. The Kier molecular flexibility index (Phi) is 2.70. The number of pyridine rings is 1. The van der Waals surface area contributed by atoms with Crippen LogP contribution in [-0.2, 0) is 11.3 Å². The fourth-order valence-corrected chi connectivity index (χ4v) is 3.23. The first-order valence-electron chi connectivity index (χ1n) is 7.26. The molecule has 21 heavy (non-hydrogen) atoms. The topological polar surface area (TPSA) is 69.3 Å². The van der Waals surface area contributed by atoms with E-state index in [1.54, 1.807) is 17.3 Å². The Balaban J connectivity index is 1.61. The maximum absolute atomic E-state index is 12.5. The lowest BCUT2D eigenvalue weighted by Crippen LogP contribution is -2.42. The largest absolute Gasteiger partial charge is 0.345 e. The van der Waals surface area contributed by atoms with Gasteiger partial charge in [0, 0.05) is 37.4 Å². The van der Waals surface area contributed by atoms with Crippen molar-refractivity contribution in [2.24, 2.45) is 0 Å². The van der Waals surface area contributed by atoms with Gasteiger partial charge in [-0.25, -0.2) is 4.98 Å². The van der Waals surface area contributed by atoms with E-state index in [2.05, 4.69) is 9.97 Å². The zero-order valence-corrected chi connectivity index (χ0v) is 11.6. The molecule has 1 fully saturated rings. The van der Waals surface area contributed by atoms with Gasteiger partial charge in [-0.05, 0) is 24.5 Å². The number of nitrogens with one attached hydrogen (secondary N) is 1. The molecule has 0 atom stereocenters. The van der Waals surface area contributed by atoms with Crippen LogP contribution in [0, 0.1) is 0 Å². The summed E-state index contributed by atoms with van der Waals surface area (Å²) in [6, 6.07) is 1.92. The van der Waals surface area contributed by atoms with E-state index in [-0.39, 0.29) is 18.4 Å². The van der Waals surface area contributed by atoms with Crippen molar-refractivity contribution in [1.82, 2.24) is 19.8 Å². The predicted octanol–water partition coefficient (Wildman–Crippen LogP) is 1.14. The van der Waals surface area contributed by atoms with Crippen LogP contribution >= 0.6 is 0 Å². The Labute approximate surface area is 121 Å². The first-order valence-corrected chi connectivity index (χ1v) is 7.26. The molecule has 4 heterocycles. The summed E-state index contributed by atoms with van der Waals surface area (Å²) < 4.78 is 0. The summed E-state index contributed by atoms with van der Waals surface area (Å²) in [5.41, 5.74) is 2.40. The van der Waals surface area contributed by atoms with Crippen molar-refractivity contribution in [2.75, 3.05) is 19.6 Å². The van der Waals surface area contributed by atoms with Gasteiger partial charge in [0.1, 0.15) is 12.2 Å². The summed E-state index contributed by atoms with van der Waals surface area (Å²) in [6.45, 7) is 2.26. The second-order valence-electron chi connectivity index (χ2n) is 5.65. The second kappa shape index (κ2) is 4.58. The zero-order chi connectivity index (χ0) is 14.4. The predicted molar refractivity (Wildman–Crippen MR) is 76.6 cm³/mol. The smallest absolute Gasteiger partial charge is 0.256 e. The molecular formula is C15H16N4O2. The number of hydrogen-bond donors (Lipinski definition) is 1. The first kappa shape index (κ1) is 12.4. The molecule has 1 N–H and O–H groups in total. The van der Waals surface area contributed by atoms with Crippen molar-refractivity contribution in [2.45, 2.75) is 19.4 Å². The lowest BCUT2D eigenvalue weighted by atomic mass is 10.0. The molecule has 0 saturated carbocycles. The zero-order valence-electron chi connectivity index (χ0n) is 11.6. The molecule has 108 valence electrons. The summed E-state index contributed by atoms with van der Waals surface area (Å²) >= 11 is 0. The summed E-state index contributed by atoms with van der Waals surface area (Å²) in [7, 11) is 0. The third kappa shape index (κ3) is 1.90. The Morgan fingerprint density at radius 3 is 2.95 bits per heavy atom. The molecule has 2 aliphatic rings. The van der Waals surface area contributed by atoms with Crippen molar-refractivity contribution in [3.63, 3.8) is 0 Å². The fraction of sp³-hybridized carbons (Fsp3) is 0.400. The van der Waals surface area contributed by atoms with Gasteiger partial charge in [0.15, 0.2) is 0 Å². The van der Waals surface area contributed by atoms with Crippen LogP contribution < -0.4 is 0 Å². The Morgan fingerprint density at radius 2 is 2.14 bits per heavy atom. The molecular weight excluding hydrogens is 268 g/mol. The minimum Gasteiger partial charge on any atom is -0.345 e. The molecule has 1 saturated heterocycles. The lowest BCUT2D eigenvalue weighted by Gasteiger charge is -2.28. The van der Waals surface area contributed by atoms with E-state index in [0.29, 0.717) is 12.1 Å². The van der Waals surface area contributed by atoms with E-state index in [1.165, 1.54) is 0 Å². The minimum atomic E-state index is -0.0886. The monoisotopic (exact) mass is 284 g/mol. The number of aromatic nitrogens is 2. The highest BCUT2D eigenvalue weighted by Gasteiger charge is 2.30. The number of rotatable bonds is 2. The third-order valence-electron chi connectivity index (χ3n) is 4.32. The van der Waals surface area contributed by atoms with E-state index in [1.807, 2.05) is 11.0 Å². The summed E-state index contributed by atoms with van der Waals surface area (Å²) in [5, 5.41) is 0.896. The summed E-state index contributed by atoms with van der Waals surface area (Å²) in [6.07, 6.45) is 5.55. The van der Waals surface area contributed by atoms with Crippen molar-refractivity contribution < 1.29 is 9.59 Å². The molecule has 0 unspecified atom stereocenters. The fourth-order valence-electron chi connectivity index (χ4n) is 3.23. The molecule has 0 radical (unpaired) electrons. The van der Waals surface area contributed by atoms with E-state index < -0.39 is 0 Å². The van der Waals surface area contributed by atoms with Crippen LogP contribution in [0.25, 0.3) is 11.0 Å². The minimum absolute atomic E-state index is 0.0464. The van der Waals surface area contributed by atoms with Gasteiger partial charge in [-0.15, -0.1) is 0 Å². The van der Waals surface area contributed by atoms with Gasteiger partial charge < -0.3 is 14.8 Å². The molecule has 0 spiro atoms. The van der Waals surface area contributed by atoms with Gasteiger partial charge in [-0.2, -0.15) is 0 Å². The summed E-state index contributed by atoms with van der Waals surface area (Å²) in [4.78, 5) is 35.5. The molecule has 0 bridgehead atoms. The van der Waals surface area contributed by atoms with Crippen LogP contribution in [0.4, 0.5) is 0 Å². The van der Waals surface area contributed by atoms with Crippen LogP contribution in [0.2, 0.25) is 0 Å². The van der Waals surface area contributed by atoms with Crippen LogP contribution in [0.5, 0.6) is 0 Å². The van der Waals surface area contributed by atoms with Gasteiger partial charge in [0.2, 0.25) is 5.91 Å². The highest BCUT2D eigenvalue weighted by Crippen LogP contribution is 2.28. The number of carbonyl (C=O) groups excluding carboxylic acids is 2. The van der Waals surface area contributed by atoms with E-state index >= 15 is 0 Å². The number of carbonyl (C=O) groups is 2. The van der Waals surface area contributed by atoms with Crippen molar-refractivity contribution >= 4 is 22.8 Å². The molecule has 2 aromatic rings. The summed E-state index contributed by atoms with van der Waals surface area (Å²) in [5.74, 6) is -0.0422. The van der Waals surface area contributed by atoms with Gasteiger partial charge in [0.25, 0.3) is 5.91 Å². The average molecular weight is 284 g/mol. The number of aromatic amines is 1. The van der Waals surface area contributed by atoms with Crippen molar-refractivity contribution in [3.05, 3.63) is 29.6 Å². The van der Waals surface area contributed by atoms with Crippen LogP contribution in [0.1, 0.15) is 28.8 Å². The number of amides is 2. The number of H-pyrrole nitrogens is 1. The van der Waals surface area contributed by atoms with Gasteiger partial charge >= 0.3 is 0 Å². The SMILES string of the molecule is O=C(CN1Cc2ccnc3[nH]cc(c23)C1=O)N1CCCC1. The maximum Gasteiger partial charge on any atom is 0.256 e. The van der Waals surface area contributed by atoms with Crippen molar-refractivity contribution in [3.8, 4) is 0 Å². The highest BCUT2D eigenvalue weighted by molar-refractivity contribution is 6.09. The van der Waals surface area contributed by atoms with E-state index in [4.69, 9.17) is 0 Å². The Bertz CT molecular complexity index is 730. The van der Waals surface area contributed by atoms with Gasteiger partial charge in [0.05, 0.1) is 5.56 Å². The van der Waals surface area contributed by atoms with Gasteiger partial charge in [-0.3, -0.25) is 9.59 Å². The normalized spacial score (nSPS) is 17.8. The van der Waals surface area contributed by atoms with Crippen LogP contribution in [0.15, 0.2) is 18.5 Å². The Hall–Kier alpha value is -2.37. The average Bonchev–Trinajstić information content (AvgIpc) is 3.15. The van der Waals surface area contributed by atoms with Crippen LogP contribution in [0.3, 0.4) is 0 Å². The maximum atomic E-state index is 12.5. The molecule has 2 amide bonds. The van der Waals surface area contributed by atoms with Gasteiger partial charge in [-0.1, -0.05) is 0 Å². The standard InChI is InChI=1S/C15H16N4O2/c20-12(18-5-1-2-6-18)9-19-8-10-3-4-16-14-13(10)11(7-17-14)15(19)21/h3-4,7H,1-2,5-6,8-9H2,(H,16,17). The Morgan fingerprint density at radius 1 is 1.33 bits per heavy atom. The van der Waals surface area contributed by atoms with Crippen molar-refractivity contribution in [1.29, 1.82) is 0 Å². The highest BCUT2D eigenvalue weighted by atomic mass is 16.2. The molecule has 4 rings (SSSR count). The number of likely N-dealkylation sites (tertiary alicyclic amines) is 1. The molecule has 6 heteroatoms. The lowest BCUT2D eigenvalue weighted by molar-refractivity contribution is -0.130. The quantitative estimate of drug-likeness (QED) is 0.899.